The standard InChI is InChI=1S/C37H53N5O8.C3H8/c1-24(34(45)40-27(35(46)50-7)21-25-15-10-8-11-16-25)33(49-6)28-19-14-20-42(28)30(43)22-29(48-5)32(26-17-12-9-13-18-26)41(4)31(44)23-39-36(47)37(2,3)38;1-3-2/h8-13,15-18,24,27-29,32-33H,14,19-23,38H2,1-7H3,(H,39,47)(H,40,45);3H2,1-2H3. The first-order chi connectivity index (χ1) is 25.1. The molecule has 0 bridgehead atoms. The summed E-state index contributed by atoms with van der Waals surface area (Å²) in [4.78, 5) is 69.1. The average Bonchev–Trinajstić information content (AvgIpc) is 3.63. The number of hydrogen-bond acceptors (Lipinski definition) is 9. The zero-order valence-electron chi connectivity index (χ0n) is 32.9. The summed E-state index contributed by atoms with van der Waals surface area (Å²) < 4.78 is 16.7. The van der Waals surface area contributed by atoms with E-state index in [1.165, 1.54) is 32.7 Å². The first kappa shape index (κ1) is 44.8. The first-order valence-electron chi connectivity index (χ1n) is 18.3. The molecule has 53 heavy (non-hydrogen) atoms. The molecule has 13 heteroatoms. The third kappa shape index (κ3) is 13.2. The number of nitrogens with zero attached hydrogens (tertiary/aromatic N) is 2. The summed E-state index contributed by atoms with van der Waals surface area (Å²) in [6.07, 6.45) is 1.35. The first-order valence-corrected chi connectivity index (χ1v) is 18.3. The number of likely N-dealkylation sites (N-methyl/N-ethyl adjacent to an activating group) is 1. The van der Waals surface area contributed by atoms with Crippen LogP contribution in [0, 0.1) is 5.92 Å². The molecule has 6 unspecified atom stereocenters. The van der Waals surface area contributed by atoms with Gasteiger partial charge in [0.2, 0.25) is 23.6 Å². The molecule has 1 aliphatic heterocycles. The topological polar surface area (TPSA) is 170 Å². The zero-order chi connectivity index (χ0) is 39.7. The van der Waals surface area contributed by atoms with Gasteiger partial charge in [0.1, 0.15) is 6.04 Å². The Bertz CT molecular complexity index is 1450. The van der Waals surface area contributed by atoms with Crippen molar-refractivity contribution in [2.24, 2.45) is 11.7 Å². The molecule has 0 aromatic heterocycles. The number of ether oxygens (including phenoxy) is 3. The Morgan fingerprint density at radius 2 is 1.55 bits per heavy atom. The normalized spacial score (nSPS) is 16.9. The summed E-state index contributed by atoms with van der Waals surface area (Å²) in [6, 6.07) is 16.6. The van der Waals surface area contributed by atoms with Crippen molar-refractivity contribution >= 4 is 29.6 Å². The van der Waals surface area contributed by atoms with Crippen molar-refractivity contribution in [3.63, 3.8) is 0 Å². The van der Waals surface area contributed by atoms with Gasteiger partial charge < -0.3 is 40.4 Å². The van der Waals surface area contributed by atoms with Crippen LogP contribution in [0.25, 0.3) is 0 Å². The smallest absolute Gasteiger partial charge is 0.328 e. The van der Waals surface area contributed by atoms with E-state index in [1.54, 1.807) is 32.7 Å². The number of benzene rings is 2. The highest BCUT2D eigenvalue weighted by molar-refractivity contribution is 5.89. The molecule has 0 saturated carbocycles. The summed E-state index contributed by atoms with van der Waals surface area (Å²) in [5.41, 5.74) is 6.33. The lowest BCUT2D eigenvalue weighted by molar-refractivity contribution is -0.147. The molecule has 2 aromatic carbocycles. The Labute approximate surface area is 315 Å². The second-order valence-electron chi connectivity index (χ2n) is 14.0. The molecular formula is C40H61N5O8. The SMILES string of the molecule is CCC.COC(=O)C(Cc1ccccc1)NC(=O)C(C)C(OC)C1CCCN1C(=O)CC(OC)C(c1ccccc1)N(C)C(=O)CNC(=O)C(C)(C)N. The van der Waals surface area contributed by atoms with Gasteiger partial charge in [0.25, 0.3) is 0 Å². The zero-order valence-corrected chi connectivity index (χ0v) is 32.9. The Hall–Kier alpha value is -4.33. The molecule has 2 aromatic rings. The molecule has 4 amide bonds. The lowest BCUT2D eigenvalue weighted by atomic mass is 9.93. The number of carbonyl (C=O) groups excluding carboxylic acids is 5. The Balaban J connectivity index is 0.00000313. The van der Waals surface area contributed by atoms with Gasteiger partial charge in [-0.1, -0.05) is 87.9 Å². The van der Waals surface area contributed by atoms with E-state index in [0.29, 0.717) is 19.4 Å². The fourth-order valence-electron chi connectivity index (χ4n) is 6.39. The molecule has 1 aliphatic rings. The highest BCUT2D eigenvalue weighted by atomic mass is 16.5. The average molecular weight is 740 g/mol. The molecule has 6 atom stereocenters. The molecule has 1 heterocycles. The van der Waals surface area contributed by atoms with Gasteiger partial charge in [-0.15, -0.1) is 0 Å². The summed E-state index contributed by atoms with van der Waals surface area (Å²) in [6.45, 7) is 9.24. The van der Waals surface area contributed by atoms with Crippen molar-refractivity contribution in [2.45, 2.75) is 103 Å². The summed E-state index contributed by atoms with van der Waals surface area (Å²) in [5.74, 6) is -2.75. The third-order valence-corrected chi connectivity index (χ3v) is 9.23. The molecule has 294 valence electrons. The van der Waals surface area contributed by atoms with Gasteiger partial charge in [-0.3, -0.25) is 19.2 Å². The van der Waals surface area contributed by atoms with Crippen LogP contribution in [0.5, 0.6) is 0 Å². The predicted octanol–water partition coefficient (Wildman–Crippen LogP) is 3.40. The number of esters is 1. The summed E-state index contributed by atoms with van der Waals surface area (Å²) in [5, 5.41) is 5.42. The molecule has 0 radical (unpaired) electrons. The van der Waals surface area contributed by atoms with Crippen molar-refractivity contribution in [3.05, 3.63) is 71.8 Å². The van der Waals surface area contributed by atoms with Gasteiger partial charge in [-0.05, 0) is 37.8 Å². The number of hydrogen-bond donors (Lipinski definition) is 3. The predicted molar refractivity (Wildman–Crippen MR) is 203 cm³/mol. The minimum absolute atomic E-state index is 0.0646. The van der Waals surface area contributed by atoms with E-state index >= 15 is 0 Å². The number of rotatable bonds is 17. The van der Waals surface area contributed by atoms with Gasteiger partial charge in [0.05, 0.1) is 55.8 Å². The van der Waals surface area contributed by atoms with Crippen LogP contribution in [0.1, 0.15) is 77.5 Å². The molecule has 4 N–H and O–H groups in total. The maximum absolute atomic E-state index is 14.1. The highest BCUT2D eigenvalue weighted by Crippen LogP contribution is 2.31. The monoisotopic (exact) mass is 739 g/mol. The number of carbonyl (C=O) groups is 5. The van der Waals surface area contributed by atoms with E-state index in [2.05, 4.69) is 24.5 Å². The minimum Gasteiger partial charge on any atom is -0.467 e. The van der Waals surface area contributed by atoms with Crippen LogP contribution < -0.4 is 16.4 Å². The fraction of sp³-hybridized carbons (Fsp3) is 0.575. The number of amides is 4. The van der Waals surface area contributed by atoms with Gasteiger partial charge in [-0.25, -0.2) is 4.79 Å². The van der Waals surface area contributed by atoms with E-state index in [9.17, 15) is 24.0 Å². The second-order valence-corrected chi connectivity index (χ2v) is 14.0. The maximum Gasteiger partial charge on any atom is 0.328 e. The van der Waals surface area contributed by atoms with Crippen molar-refractivity contribution in [3.8, 4) is 0 Å². The van der Waals surface area contributed by atoms with Crippen LogP contribution in [0.3, 0.4) is 0 Å². The number of likely N-dealkylation sites (tertiary alicyclic amines) is 1. The molecule has 1 saturated heterocycles. The van der Waals surface area contributed by atoms with E-state index in [1.807, 2.05) is 60.7 Å². The Morgan fingerprint density at radius 1 is 0.962 bits per heavy atom. The maximum atomic E-state index is 14.1. The molecule has 3 rings (SSSR count). The van der Waals surface area contributed by atoms with E-state index in [0.717, 1.165) is 11.1 Å². The molecule has 0 spiro atoms. The molecule has 1 fully saturated rings. The van der Waals surface area contributed by atoms with E-state index < -0.39 is 59.6 Å². The van der Waals surface area contributed by atoms with Crippen molar-refractivity contribution < 1.29 is 38.2 Å². The van der Waals surface area contributed by atoms with Crippen molar-refractivity contribution in [1.29, 1.82) is 0 Å². The van der Waals surface area contributed by atoms with E-state index in [4.69, 9.17) is 19.9 Å². The summed E-state index contributed by atoms with van der Waals surface area (Å²) >= 11 is 0. The van der Waals surface area contributed by atoms with Gasteiger partial charge >= 0.3 is 5.97 Å². The molecular weight excluding hydrogens is 678 g/mol. The van der Waals surface area contributed by atoms with Crippen LogP contribution in [0.2, 0.25) is 0 Å². The number of nitrogens with two attached hydrogens (primary N) is 1. The Morgan fingerprint density at radius 3 is 2.08 bits per heavy atom. The number of nitrogens with one attached hydrogen (secondary N) is 2. The number of methoxy groups -OCH3 is 3. The van der Waals surface area contributed by atoms with Crippen LogP contribution in [-0.4, -0.2) is 111 Å². The molecule has 13 nitrogen and oxygen atoms in total. The third-order valence-electron chi connectivity index (χ3n) is 9.23. The van der Waals surface area contributed by atoms with Gasteiger partial charge in [0.15, 0.2) is 0 Å². The lowest BCUT2D eigenvalue weighted by Crippen LogP contribution is -2.53. The van der Waals surface area contributed by atoms with Crippen LogP contribution >= 0.6 is 0 Å². The Kier molecular flexibility index (Phi) is 18.6. The van der Waals surface area contributed by atoms with Crippen LogP contribution in [0.4, 0.5) is 0 Å². The fourth-order valence-corrected chi connectivity index (χ4v) is 6.39. The van der Waals surface area contributed by atoms with Crippen LogP contribution in [-0.2, 0) is 44.6 Å². The van der Waals surface area contributed by atoms with E-state index in [-0.39, 0.29) is 31.2 Å². The highest BCUT2D eigenvalue weighted by Gasteiger charge is 2.42. The lowest BCUT2D eigenvalue weighted by Gasteiger charge is -2.37. The quantitative estimate of drug-likeness (QED) is 0.206. The summed E-state index contributed by atoms with van der Waals surface area (Å²) in [7, 11) is 5.88. The van der Waals surface area contributed by atoms with Gasteiger partial charge in [0, 0.05) is 34.2 Å². The van der Waals surface area contributed by atoms with Crippen molar-refractivity contribution in [1.82, 2.24) is 20.4 Å². The molecule has 0 aliphatic carbocycles. The van der Waals surface area contributed by atoms with Crippen LogP contribution in [0.15, 0.2) is 60.7 Å². The minimum atomic E-state index is -1.16. The van der Waals surface area contributed by atoms with Gasteiger partial charge in [-0.2, -0.15) is 0 Å². The second kappa shape index (κ2) is 22.0. The van der Waals surface area contributed by atoms with Crippen molar-refractivity contribution in [2.75, 3.05) is 41.5 Å². The largest absolute Gasteiger partial charge is 0.467 e.